The van der Waals surface area contributed by atoms with E-state index in [0.717, 1.165) is 0 Å². The number of sulfone groups is 1. The van der Waals surface area contributed by atoms with Crippen molar-refractivity contribution in [3.05, 3.63) is 49.9 Å². The average molecular weight is 383 g/mol. The SMILES string of the molecule is Cc1cc(C(=O)c2cn(C)[nH]c2=O)c(Cl)c2c1S(=O)(=O)CCC2(C)C. The van der Waals surface area contributed by atoms with Gasteiger partial charge in [-0.25, -0.2) is 8.42 Å². The standard InChI is InChI=1S/C17H19ClN2O4S/c1-9-7-10(14(21)11-8-20(4)19-16(11)22)13(18)12-15(9)25(23,24)6-5-17(12,2)3/h7-8H,5-6H2,1-4H3,(H,19,22). The molecule has 0 fully saturated rings. The van der Waals surface area contributed by atoms with E-state index in [0.29, 0.717) is 17.5 Å². The second kappa shape index (κ2) is 5.57. The van der Waals surface area contributed by atoms with Gasteiger partial charge in [0.25, 0.3) is 5.56 Å². The Kier molecular flexibility index (Phi) is 4.00. The molecule has 0 saturated heterocycles. The molecule has 0 aliphatic carbocycles. The Hall–Kier alpha value is -1.86. The van der Waals surface area contributed by atoms with Gasteiger partial charge in [-0.15, -0.1) is 0 Å². The number of rotatable bonds is 2. The van der Waals surface area contributed by atoms with Gasteiger partial charge in [0.1, 0.15) is 5.56 Å². The van der Waals surface area contributed by atoms with Crippen molar-refractivity contribution in [1.29, 1.82) is 0 Å². The predicted molar refractivity (Wildman–Crippen MR) is 95.4 cm³/mol. The van der Waals surface area contributed by atoms with Crippen LogP contribution in [0.25, 0.3) is 0 Å². The van der Waals surface area contributed by atoms with Crippen LogP contribution in [0.5, 0.6) is 0 Å². The van der Waals surface area contributed by atoms with Gasteiger partial charge in [-0.05, 0) is 36.0 Å². The van der Waals surface area contributed by atoms with Crippen LogP contribution in [0.15, 0.2) is 22.0 Å². The number of aromatic nitrogens is 2. The lowest BCUT2D eigenvalue weighted by Crippen LogP contribution is -2.32. The van der Waals surface area contributed by atoms with E-state index >= 15 is 0 Å². The van der Waals surface area contributed by atoms with E-state index in [1.54, 1.807) is 14.0 Å². The second-order valence-corrected chi connectivity index (χ2v) is 9.56. The summed E-state index contributed by atoms with van der Waals surface area (Å²) in [5.74, 6) is -0.466. The van der Waals surface area contributed by atoms with Crippen LogP contribution in [0.2, 0.25) is 5.02 Å². The second-order valence-electron chi connectivity index (χ2n) is 7.14. The zero-order valence-electron chi connectivity index (χ0n) is 14.4. The topological polar surface area (TPSA) is 89.0 Å². The summed E-state index contributed by atoms with van der Waals surface area (Å²) in [5.41, 5.74) is 0.0758. The Balaban J connectivity index is 2.32. The quantitative estimate of drug-likeness (QED) is 0.807. The third kappa shape index (κ3) is 2.75. The maximum Gasteiger partial charge on any atom is 0.275 e. The summed E-state index contributed by atoms with van der Waals surface area (Å²) in [6, 6.07) is 1.47. The molecule has 134 valence electrons. The van der Waals surface area contributed by atoms with E-state index in [1.807, 2.05) is 13.8 Å². The van der Waals surface area contributed by atoms with Crippen LogP contribution < -0.4 is 5.56 Å². The van der Waals surface area contributed by atoms with Gasteiger partial charge in [0, 0.05) is 18.8 Å². The average Bonchev–Trinajstić information content (AvgIpc) is 2.83. The van der Waals surface area contributed by atoms with Gasteiger partial charge in [-0.3, -0.25) is 19.4 Å². The van der Waals surface area contributed by atoms with Crippen molar-refractivity contribution in [1.82, 2.24) is 9.78 Å². The Morgan fingerprint density at radius 2 is 1.96 bits per heavy atom. The Morgan fingerprint density at radius 1 is 1.32 bits per heavy atom. The summed E-state index contributed by atoms with van der Waals surface area (Å²) in [7, 11) is -1.84. The highest BCUT2D eigenvalue weighted by Gasteiger charge is 2.40. The first-order valence-electron chi connectivity index (χ1n) is 7.82. The lowest BCUT2D eigenvalue weighted by atomic mass is 9.79. The maximum absolute atomic E-state index is 12.8. The minimum absolute atomic E-state index is 0.0276. The van der Waals surface area contributed by atoms with Crippen molar-refractivity contribution >= 4 is 27.2 Å². The normalized spacial score (nSPS) is 18.0. The summed E-state index contributed by atoms with van der Waals surface area (Å²) in [4.78, 5) is 25.0. The fourth-order valence-electron chi connectivity index (χ4n) is 3.38. The van der Waals surface area contributed by atoms with Crippen molar-refractivity contribution in [2.45, 2.75) is 37.5 Å². The number of ketones is 1. The van der Waals surface area contributed by atoms with Gasteiger partial charge in [0.05, 0.1) is 15.7 Å². The summed E-state index contributed by atoms with van der Waals surface area (Å²) >= 11 is 6.51. The van der Waals surface area contributed by atoms with Crippen LogP contribution in [-0.2, 0) is 22.3 Å². The number of aromatic amines is 1. The van der Waals surface area contributed by atoms with Crippen LogP contribution in [0.4, 0.5) is 0 Å². The third-order valence-corrected chi connectivity index (χ3v) is 7.00. The highest BCUT2D eigenvalue weighted by atomic mass is 35.5. The molecule has 3 rings (SSSR count). The molecule has 0 spiro atoms. The number of nitrogens with one attached hydrogen (secondary N) is 1. The molecule has 8 heteroatoms. The number of fused-ring (bicyclic) bond motifs is 1. The lowest BCUT2D eigenvalue weighted by molar-refractivity contribution is 0.103. The van der Waals surface area contributed by atoms with Crippen LogP contribution in [0.1, 0.15) is 47.3 Å². The molecule has 0 saturated carbocycles. The Bertz CT molecular complexity index is 1060. The molecular formula is C17H19ClN2O4S. The molecule has 1 N–H and O–H groups in total. The number of aryl methyl sites for hydroxylation is 2. The van der Waals surface area contributed by atoms with E-state index < -0.39 is 26.6 Å². The van der Waals surface area contributed by atoms with Crippen molar-refractivity contribution in [2.75, 3.05) is 5.75 Å². The van der Waals surface area contributed by atoms with Gasteiger partial charge >= 0.3 is 0 Å². The fourth-order valence-corrected chi connectivity index (χ4v) is 6.14. The van der Waals surface area contributed by atoms with Gasteiger partial charge in [-0.2, -0.15) is 0 Å². The Labute approximate surface area is 150 Å². The zero-order chi connectivity index (χ0) is 18.7. The lowest BCUT2D eigenvalue weighted by Gasteiger charge is -2.34. The number of carbonyl (C=O) groups excluding carboxylic acids is 1. The van der Waals surface area contributed by atoms with Crippen LogP contribution >= 0.6 is 11.6 Å². The number of carbonyl (C=O) groups is 1. The molecule has 25 heavy (non-hydrogen) atoms. The fraction of sp³-hybridized carbons (Fsp3) is 0.412. The molecule has 1 aromatic heterocycles. The number of benzene rings is 1. The first-order chi connectivity index (χ1) is 11.5. The summed E-state index contributed by atoms with van der Waals surface area (Å²) in [6.07, 6.45) is 1.82. The molecule has 2 heterocycles. The molecule has 0 radical (unpaired) electrons. The van der Waals surface area contributed by atoms with E-state index in [1.165, 1.54) is 16.9 Å². The number of halogens is 1. The van der Waals surface area contributed by atoms with Crippen LogP contribution in [-0.4, -0.2) is 29.7 Å². The van der Waals surface area contributed by atoms with E-state index in [-0.39, 0.29) is 26.8 Å². The minimum atomic E-state index is -3.45. The highest BCUT2D eigenvalue weighted by molar-refractivity contribution is 7.91. The molecular weight excluding hydrogens is 364 g/mol. The smallest absolute Gasteiger partial charge is 0.275 e. The molecule has 0 amide bonds. The third-order valence-electron chi connectivity index (χ3n) is 4.72. The van der Waals surface area contributed by atoms with Crippen LogP contribution in [0, 0.1) is 6.92 Å². The molecule has 0 bridgehead atoms. The summed E-state index contributed by atoms with van der Waals surface area (Å²) < 4.78 is 26.5. The van der Waals surface area contributed by atoms with Gasteiger partial charge in [0.15, 0.2) is 9.84 Å². The maximum atomic E-state index is 12.8. The first kappa shape index (κ1) is 17.9. The monoisotopic (exact) mass is 382 g/mol. The molecule has 1 aliphatic rings. The first-order valence-corrected chi connectivity index (χ1v) is 9.85. The molecule has 1 aromatic carbocycles. The van der Waals surface area contributed by atoms with Gasteiger partial charge < -0.3 is 0 Å². The molecule has 0 atom stereocenters. The molecule has 1 aliphatic heterocycles. The Morgan fingerprint density at radius 3 is 2.52 bits per heavy atom. The molecule has 0 unspecified atom stereocenters. The number of hydrogen-bond donors (Lipinski definition) is 1. The van der Waals surface area contributed by atoms with E-state index in [9.17, 15) is 18.0 Å². The van der Waals surface area contributed by atoms with Gasteiger partial charge in [0.2, 0.25) is 5.78 Å². The largest absolute Gasteiger partial charge is 0.295 e. The molecule has 6 nitrogen and oxygen atoms in total. The van der Waals surface area contributed by atoms with E-state index in [4.69, 9.17) is 11.6 Å². The minimum Gasteiger partial charge on any atom is -0.295 e. The van der Waals surface area contributed by atoms with Crippen molar-refractivity contribution < 1.29 is 13.2 Å². The van der Waals surface area contributed by atoms with Gasteiger partial charge in [-0.1, -0.05) is 25.4 Å². The van der Waals surface area contributed by atoms with E-state index in [2.05, 4.69) is 5.10 Å². The van der Waals surface area contributed by atoms with Crippen molar-refractivity contribution in [2.24, 2.45) is 7.05 Å². The highest BCUT2D eigenvalue weighted by Crippen LogP contribution is 2.45. The number of hydrogen-bond acceptors (Lipinski definition) is 4. The number of H-pyrrole nitrogens is 1. The van der Waals surface area contributed by atoms with Crippen LogP contribution in [0.3, 0.4) is 0 Å². The summed E-state index contributed by atoms with van der Waals surface area (Å²) in [5, 5.41) is 2.60. The molecule has 2 aromatic rings. The zero-order valence-corrected chi connectivity index (χ0v) is 16.0. The summed E-state index contributed by atoms with van der Waals surface area (Å²) in [6.45, 7) is 5.48. The number of nitrogens with zero attached hydrogens (tertiary/aromatic N) is 1. The predicted octanol–water partition coefficient (Wildman–Crippen LogP) is 2.36. The van der Waals surface area contributed by atoms with Crippen molar-refractivity contribution in [3.8, 4) is 0 Å². The van der Waals surface area contributed by atoms with Crippen molar-refractivity contribution in [3.63, 3.8) is 0 Å².